The SMILES string of the molecule is CCCNC(CC)CN1C(=O)C(C)C(C)C1=O. The summed E-state index contributed by atoms with van der Waals surface area (Å²) < 4.78 is 0. The van der Waals surface area contributed by atoms with Crippen molar-refractivity contribution in [2.24, 2.45) is 11.8 Å². The van der Waals surface area contributed by atoms with Gasteiger partial charge >= 0.3 is 0 Å². The van der Waals surface area contributed by atoms with E-state index in [0.29, 0.717) is 6.54 Å². The quantitative estimate of drug-likeness (QED) is 0.714. The highest BCUT2D eigenvalue weighted by Gasteiger charge is 2.42. The number of likely N-dealkylation sites (tertiary alicyclic amines) is 1. The molecule has 0 spiro atoms. The summed E-state index contributed by atoms with van der Waals surface area (Å²) in [5.41, 5.74) is 0. The van der Waals surface area contributed by atoms with Crippen LogP contribution in [-0.4, -0.2) is 35.8 Å². The van der Waals surface area contributed by atoms with E-state index < -0.39 is 0 Å². The second-order valence-electron chi connectivity index (χ2n) is 4.92. The lowest BCUT2D eigenvalue weighted by atomic mass is 10.00. The maximum Gasteiger partial charge on any atom is 0.232 e. The molecule has 0 saturated carbocycles. The highest BCUT2D eigenvalue weighted by molar-refractivity contribution is 6.04. The molecule has 1 aliphatic rings. The van der Waals surface area contributed by atoms with Crippen molar-refractivity contribution in [3.63, 3.8) is 0 Å². The summed E-state index contributed by atoms with van der Waals surface area (Å²) in [5, 5.41) is 3.37. The molecule has 17 heavy (non-hydrogen) atoms. The fourth-order valence-corrected chi connectivity index (χ4v) is 2.11. The first-order valence-corrected chi connectivity index (χ1v) is 6.61. The van der Waals surface area contributed by atoms with Crippen LogP contribution < -0.4 is 5.32 Å². The topological polar surface area (TPSA) is 49.4 Å². The predicted molar refractivity (Wildman–Crippen MR) is 67.4 cm³/mol. The lowest BCUT2D eigenvalue weighted by Crippen LogP contribution is -2.44. The van der Waals surface area contributed by atoms with Crippen LogP contribution in [0.4, 0.5) is 0 Å². The number of carbonyl (C=O) groups excluding carboxylic acids is 2. The molecule has 3 unspecified atom stereocenters. The summed E-state index contributed by atoms with van der Waals surface area (Å²) >= 11 is 0. The fourth-order valence-electron chi connectivity index (χ4n) is 2.11. The van der Waals surface area contributed by atoms with E-state index >= 15 is 0 Å². The van der Waals surface area contributed by atoms with E-state index in [9.17, 15) is 9.59 Å². The third-order valence-corrected chi connectivity index (χ3v) is 3.64. The fraction of sp³-hybridized carbons (Fsp3) is 0.846. The van der Waals surface area contributed by atoms with E-state index in [2.05, 4.69) is 19.2 Å². The summed E-state index contributed by atoms with van der Waals surface area (Å²) in [6.07, 6.45) is 1.99. The lowest BCUT2D eigenvalue weighted by Gasteiger charge is -2.22. The van der Waals surface area contributed by atoms with Gasteiger partial charge in [0.25, 0.3) is 0 Å². The molecule has 0 aromatic carbocycles. The van der Waals surface area contributed by atoms with Gasteiger partial charge in [-0.1, -0.05) is 27.7 Å². The predicted octanol–water partition coefficient (Wildman–Crippen LogP) is 1.41. The minimum atomic E-state index is -0.161. The Labute approximate surface area is 104 Å². The average molecular weight is 240 g/mol. The molecule has 0 aromatic heterocycles. The van der Waals surface area contributed by atoms with Gasteiger partial charge in [-0.25, -0.2) is 0 Å². The zero-order valence-corrected chi connectivity index (χ0v) is 11.3. The monoisotopic (exact) mass is 240 g/mol. The van der Waals surface area contributed by atoms with Gasteiger partial charge in [0.2, 0.25) is 11.8 Å². The highest BCUT2D eigenvalue weighted by atomic mass is 16.2. The molecule has 3 atom stereocenters. The van der Waals surface area contributed by atoms with Crippen molar-refractivity contribution in [1.82, 2.24) is 10.2 Å². The number of nitrogens with zero attached hydrogens (tertiary/aromatic N) is 1. The first-order chi connectivity index (χ1) is 8.02. The van der Waals surface area contributed by atoms with Crippen LogP contribution in [0.2, 0.25) is 0 Å². The minimum absolute atomic E-state index is 0.0146. The Morgan fingerprint density at radius 3 is 2.12 bits per heavy atom. The summed E-state index contributed by atoms with van der Waals surface area (Å²) in [6, 6.07) is 0.223. The van der Waals surface area contributed by atoms with Crippen LogP contribution in [0.3, 0.4) is 0 Å². The van der Waals surface area contributed by atoms with E-state index in [1.54, 1.807) is 0 Å². The maximum atomic E-state index is 11.9. The molecule has 1 fully saturated rings. The number of amides is 2. The molecule has 2 amide bonds. The van der Waals surface area contributed by atoms with Gasteiger partial charge in [0.1, 0.15) is 0 Å². The Kier molecular flexibility index (Phi) is 5.12. The van der Waals surface area contributed by atoms with Crippen molar-refractivity contribution < 1.29 is 9.59 Å². The van der Waals surface area contributed by atoms with Gasteiger partial charge in [-0.2, -0.15) is 0 Å². The molecule has 0 bridgehead atoms. The van der Waals surface area contributed by atoms with Gasteiger partial charge in [0.15, 0.2) is 0 Å². The van der Waals surface area contributed by atoms with Gasteiger partial charge in [-0.15, -0.1) is 0 Å². The number of hydrogen-bond donors (Lipinski definition) is 1. The maximum absolute atomic E-state index is 11.9. The second-order valence-corrected chi connectivity index (χ2v) is 4.92. The molecular weight excluding hydrogens is 216 g/mol. The molecule has 0 radical (unpaired) electrons. The summed E-state index contributed by atoms with van der Waals surface area (Å²) in [7, 11) is 0. The van der Waals surface area contributed by atoms with Crippen molar-refractivity contribution >= 4 is 11.8 Å². The van der Waals surface area contributed by atoms with E-state index in [-0.39, 0.29) is 29.7 Å². The van der Waals surface area contributed by atoms with Crippen LogP contribution in [0.25, 0.3) is 0 Å². The van der Waals surface area contributed by atoms with Gasteiger partial charge in [-0.3, -0.25) is 14.5 Å². The van der Waals surface area contributed by atoms with Crippen LogP contribution in [0, 0.1) is 11.8 Å². The molecule has 1 saturated heterocycles. The Bertz CT molecular complexity index is 271. The first kappa shape index (κ1) is 14.2. The van der Waals surface area contributed by atoms with Gasteiger partial charge in [-0.05, 0) is 19.4 Å². The van der Waals surface area contributed by atoms with Crippen molar-refractivity contribution in [3.05, 3.63) is 0 Å². The lowest BCUT2D eigenvalue weighted by molar-refractivity contribution is -0.140. The van der Waals surface area contributed by atoms with Crippen molar-refractivity contribution in [1.29, 1.82) is 0 Å². The van der Waals surface area contributed by atoms with E-state index in [1.165, 1.54) is 4.90 Å². The minimum Gasteiger partial charge on any atom is -0.312 e. The highest BCUT2D eigenvalue weighted by Crippen LogP contribution is 2.25. The molecule has 0 aromatic rings. The Morgan fingerprint density at radius 2 is 1.71 bits per heavy atom. The smallest absolute Gasteiger partial charge is 0.232 e. The van der Waals surface area contributed by atoms with E-state index in [1.807, 2.05) is 13.8 Å². The largest absolute Gasteiger partial charge is 0.312 e. The molecule has 1 rings (SSSR count). The molecule has 1 heterocycles. The summed E-state index contributed by atoms with van der Waals surface area (Å²) in [6.45, 7) is 9.31. The standard InChI is InChI=1S/C13H24N2O2/c1-5-7-14-11(6-2)8-15-12(16)9(3)10(4)13(15)17/h9-11,14H,5-8H2,1-4H3. The first-order valence-electron chi connectivity index (χ1n) is 6.61. The van der Waals surface area contributed by atoms with Crippen molar-refractivity contribution in [2.75, 3.05) is 13.1 Å². The Balaban J connectivity index is 2.60. The van der Waals surface area contributed by atoms with Crippen LogP contribution in [0.1, 0.15) is 40.5 Å². The molecule has 4 heteroatoms. The second kappa shape index (κ2) is 6.15. The van der Waals surface area contributed by atoms with Gasteiger partial charge in [0.05, 0.1) is 0 Å². The molecule has 0 aliphatic carbocycles. The van der Waals surface area contributed by atoms with Crippen LogP contribution in [0.15, 0.2) is 0 Å². The summed E-state index contributed by atoms with van der Waals surface area (Å²) in [5.74, 6) is -0.351. The average Bonchev–Trinajstić information content (AvgIpc) is 2.51. The van der Waals surface area contributed by atoms with Crippen molar-refractivity contribution in [2.45, 2.75) is 46.6 Å². The number of rotatable bonds is 6. The molecule has 1 N–H and O–H groups in total. The Morgan fingerprint density at radius 1 is 1.18 bits per heavy atom. The van der Waals surface area contributed by atoms with E-state index in [0.717, 1.165) is 19.4 Å². The molecule has 1 aliphatic heterocycles. The zero-order chi connectivity index (χ0) is 13.0. The van der Waals surface area contributed by atoms with Crippen LogP contribution in [0.5, 0.6) is 0 Å². The van der Waals surface area contributed by atoms with Gasteiger partial charge in [0, 0.05) is 24.4 Å². The van der Waals surface area contributed by atoms with Gasteiger partial charge < -0.3 is 5.32 Å². The molecule has 98 valence electrons. The number of carbonyl (C=O) groups is 2. The molecule has 4 nitrogen and oxygen atoms in total. The summed E-state index contributed by atoms with van der Waals surface area (Å²) in [4.78, 5) is 25.3. The Hall–Kier alpha value is -0.900. The third kappa shape index (κ3) is 3.06. The van der Waals surface area contributed by atoms with E-state index in [4.69, 9.17) is 0 Å². The third-order valence-electron chi connectivity index (χ3n) is 3.64. The molecular formula is C13H24N2O2. The number of imide groups is 1. The van der Waals surface area contributed by atoms with Crippen LogP contribution >= 0.6 is 0 Å². The number of hydrogen-bond acceptors (Lipinski definition) is 3. The van der Waals surface area contributed by atoms with Crippen LogP contribution in [-0.2, 0) is 9.59 Å². The normalized spacial score (nSPS) is 26.7. The van der Waals surface area contributed by atoms with Crippen molar-refractivity contribution in [3.8, 4) is 0 Å². The zero-order valence-electron chi connectivity index (χ0n) is 11.3. The number of nitrogens with one attached hydrogen (secondary N) is 1.